The van der Waals surface area contributed by atoms with Crippen LogP contribution in [0.2, 0.25) is 0 Å². The minimum atomic E-state index is -0.167. The van der Waals surface area contributed by atoms with Crippen molar-refractivity contribution in [3.05, 3.63) is 30.3 Å². The molecule has 0 aromatic heterocycles. The number of benzene rings is 1. The Bertz CT molecular complexity index is 172. The Morgan fingerprint density at radius 3 is 1.58 bits per heavy atom. The fourth-order valence-electron chi connectivity index (χ4n) is 0.428. The van der Waals surface area contributed by atoms with Gasteiger partial charge in [0.2, 0.25) is 0 Å². The van der Waals surface area contributed by atoms with E-state index in [0.717, 1.165) is 0 Å². The first-order chi connectivity index (χ1) is 5.13. The normalized spacial score (nSPS) is 8.00. The molecule has 0 atom stereocenters. The molecule has 2 nitrogen and oxygen atoms in total. The zero-order valence-electron chi connectivity index (χ0n) is 7.57. The minimum absolute atomic E-state index is 0. The molecule has 1 aromatic carbocycles. The molecule has 0 spiro atoms. The van der Waals surface area contributed by atoms with Gasteiger partial charge in [-0.3, -0.25) is 0 Å². The van der Waals surface area contributed by atoms with Crippen molar-refractivity contribution in [1.82, 2.24) is 0 Å². The standard InChI is InChI=1S/C6H6O.C3H8O.Zn/c7-6-4-2-1-3-5-6;1-3(2)4;/h1-5,7H;3-4H,1-2H3;. The zero-order valence-corrected chi connectivity index (χ0v) is 10.5. The van der Waals surface area contributed by atoms with Crippen molar-refractivity contribution < 1.29 is 29.7 Å². The summed E-state index contributed by atoms with van der Waals surface area (Å²) in [5.41, 5.74) is 0. The van der Waals surface area contributed by atoms with Crippen LogP contribution in [0.1, 0.15) is 13.8 Å². The maximum atomic E-state index is 8.63. The molecule has 0 saturated heterocycles. The van der Waals surface area contributed by atoms with E-state index < -0.39 is 0 Å². The Balaban J connectivity index is 0. The maximum absolute atomic E-state index is 8.63. The second kappa shape index (κ2) is 8.70. The molecular formula is C9H14O2Zn. The van der Waals surface area contributed by atoms with Crippen molar-refractivity contribution in [3.8, 4) is 5.75 Å². The first kappa shape index (κ1) is 14.1. The fourth-order valence-corrected chi connectivity index (χ4v) is 0.428. The third kappa shape index (κ3) is 12.3. The van der Waals surface area contributed by atoms with Gasteiger partial charge in [-0.15, -0.1) is 0 Å². The summed E-state index contributed by atoms with van der Waals surface area (Å²) in [6, 6.07) is 8.71. The summed E-state index contributed by atoms with van der Waals surface area (Å²) in [5, 5.41) is 16.7. The number of hydrogen-bond donors (Lipinski definition) is 2. The van der Waals surface area contributed by atoms with E-state index in [0.29, 0.717) is 5.75 Å². The van der Waals surface area contributed by atoms with Gasteiger partial charge in [-0.2, -0.15) is 0 Å². The molecule has 0 unspecified atom stereocenters. The fraction of sp³-hybridized carbons (Fsp3) is 0.333. The van der Waals surface area contributed by atoms with E-state index in [2.05, 4.69) is 0 Å². The van der Waals surface area contributed by atoms with Crippen LogP contribution >= 0.6 is 0 Å². The second-order valence-electron chi connectivity index (χ2n) is 2.43. The molecule has 0 aliphatic heterocycles. The van der Waals surface area contributed by atoms with Crippen molar-refractivity contribution in [2.75, 3.05) is 0 Å². The Kier molecular flexibility index (Phi) is 10.3. The third-order valence-electron chi connectivity index (χ3n) is 0.756. The van der Waals surface area contributed by atoms with E-state index >= 15 is 0 Å². The van der Waals surface area contributed by atoms with Gasteiger partial charge in [0.25, 0.3) is 0 Å². The number of phenols is 1. The smallest absolute Gasteiger partial charge is 0.115 e. The van der Waals surface area contributed by atoms with Crippen LogP contribution in [0, 0.1) is 0 Å². The van der Waals surface area contributed by atoms with E-state index in [4.69, 9.17) is 10.2 Å². The molecule has 3 heteroatoms. The maximum Gasteiger partial charge on any atom is 0.115 e. The van der Waals surface area contributed by atoms with E-state index in [1.54, 1.807) is 38.1 Å². The van der Waals surface area contributed by atoms with Crippen LogP contribution in [0.25, 0.3) is 0 Å². The van der Waals surface area contributed by atoms with Crippen LogP contribution in [0.15, 0.2) is 30.3 Å². The van der Waals surface area contributed by atoms with Crippen LogP contribution in [0.3, 0.4) is 0 Å². The van der Waals surface area contributed by atoms with Gasteiger partial charge in [0.1, 0.15) is 5.75 Å². The minimum Gasteiger partial charge on any atom is -0.508 e. The number of aliphatic hydroxyl groups is 1. The molecule has 0 aliphatic carbocycles. The van der Waals surface area contributed by atoms with E-state index in [1.807, 2.05) is 6.07 Å². The van der Waals surface area contributed by atoms with Gasteiger partial charge in [-0.25, -0.2) is 0 Å². The second-order valence-corrected chi connectivity index (χ2v) is 2.43. The van der Waals surface area contributed by atoms with Gasteiger partial charge in [-0.1, -0.05) is 18.2 Å². The van der Waals surface area contributed by atoms with Crippen molar-refractivity contribution in [2.45, 2.75) is 20.0 Å². The zero-order chi connectivity index (χ0) is 8.69. The average molecular weight is 220 g/mol. The molecule has 2 N–H and O–H groups in total. The largest absolute Gasteiger partial charge is 0.508 e. The van der Waals surface area contributed by atoms with Gasteiger partial charge in [-0.05, 0) is 26.0 Å². The molecule has 1 rings (SSSR count). The summed E-state index contributed by atoms with van der Waals surface area (Å²) in [4.78, 5) is 0. The van der Waals surface area contributed by atoms with Crippen LogP contribution in [0.5, 0.6) is 5.75 Å². The van der Waals surface area contributed by atoms with E-state index in [1.165, 1.54) is 0 Å². The number of rotatable bonds is 0. The van der Waals surface area contributed by atoms with Crippen LogP contribution in [-0.2, 0) is 19.5 Å². The number of phenolic OH excluding ortho intramolecular Hbond substituents is 1. The van der Waals surface area contributed by atoms with Gasteiger partial charge < -0.3 is 10.2 Å². The van der Waals surface area contributed by atoms with Crippen molar-refractivity contribution >= 4 is 0 Å². The molecule has 0 saturated carbocycles. The molecule has 0 bridgehead atoms. The van der Waals surface area contributed by atoms with Gasteiger partial charge in [0.15, 0.2) is 0 Å². The predicted molar refractivity (Wildman–Crippen MR) is 45.5 cm³/mol. The Labute approximate surface area is 86.0 Å². The molecule has 1 aromatic rings. The molecule has 0 heterocycles. The van der Waals surface area contributed by atoms with Crippen LogP contribution < -0.4 is 0 Å². The van der Waals surface area contributed by atoms with E-state index in [-0.39, 0.29) is 25.6 Å². The monoisotopic (exact) mass is 218 g/mol. The summed E-state index contributed by atoms with van der Waals surface area (Å²) in [5.74, 6) is 0.322. The van der Waals surface area contributed by atoms with Gasteiger partial charge in [0.05, 0.1) is 0 Å². The van der Waals surface area contributed by atoms with Crippen molar-refractivity contribution in [1.29, 1.82) is 0 Å². The first-order valence-corrected chi connectivity index (χ1v) is 3.55. The molecule has 64 valence electrons. The molecule has 12 heavy (non-hydrogen) atoms. The van der Waals surface area contributed by atoms with Crippen molar-refractivity contribution in [3.63, 3.8) is 0 Å². The van der Waals surface area contributed by atoms with Gasteiger partial charge in [0, 0.05) is 25.6 Å². The third-order valence-corrected chi connectivity index (χ3v) is 0.756. The number of aromatic hydroxyl groups is 1. The van der Waals surface area contributed by atoms with Crippen molar-refractivity contribution in [2.24, 2.45) is 0 Å². The molecular weight excluding hydrogens is 205 g/mol. The summed E-state index contributed by atoms with van der Waals surface area (Å²) < 4.78 is 0. The topological polar surface area (TPSA) is 40.5 Å². The Morgan fingerprint density at radius 1 is 1.08 bits per heavy atom. The van der Waals surface area contributed by atoms with E-state index in [9.17, 15) is 0 Å². The van der Waals surface area contributed by atoms with Crippen LogP contribution in [-0.4, -0.2) is 16.3 Å². The number of aliphatic hydroxyl groups excluding tert-OH is 1. The Hall–Kier alpha value is -0.397. The summed E-state index contributed by atoms with van der Waals surface area (Å²) >= 11 is 0. The van der Waals surface area contributed by atoms with Gasteiger partial charge >= 0.3 is 0 Å². The summed E-state index contributed by atoms with van der Waals surface area (Å²) in [7, 11) is 0. The molecule has 0 aliphatic rings. The average Bonchev–Trinajstić information content (AvgIpc) is 1.87. The molecule has 0 amide bonds. The predicted octanol–water partition coefficient (Wildman–Crippen LogP) is 1.78. The van der Waals surface area contributed by atoms with Crippen LogP contribution in [0.4, 0.5) is 0 Å². The summed E-state index contributed by atoms with van der Waals surface area (Å²) in [6.07, 6.45) is -0.167. The Morgan fingerprint density at radius 2 is 1.42 bits per heavy atom. The molecule has 0 fully saturated rings. The number of para-hydroxylation sites is 1. The SMILES string of the molecule is CC(C)O.Oc1ccccc1.[Zn]. The first-order valence-electron chi connectivity index (χ1n) is 3.55. The number of hydrogen-bond acceptors (Lipinski definition) is 2. The quantitative estimate of drug-likeness (QED) is 0.653. The summed E-state index contributed by atoms with van der Waals surface area (Å²) in [6.45, 7) is 3.44. The molecule has 0 radical (unpaired) electrons.